The van der Waals surface area contributed by atoms with Crippen LogP contribution in [0.5, 0.6) is 11.5 Å². The third-order valence-electron chi connectivity index (χ3n) is 4.19. The number of hydrogen-bond donors (Lipinski definition) is 2. The van der Waals surface area contributed by atoms with Crippen LogP contribution in [0.3, 0.4) is 0 Å². The van der Waals surface area contributed by atoms with Crippen molar-refractivity contribution in [3.63, 3.8) is 0 Å². The minimum Gasteiger partial charge on any atom is -0.493 e. The summed E-state index contributed by atoms with van der Waals surface area (Å²) in [7, 11) is -2.61. The van der Waals surface area contributed by atoms with Crippen LogP contribution in [0.1, 0.15) is 22.6 Å². The van der Waals surface area contributed by atoms with Gasteiger partial charge in [-0.05, 0) is 42.3 Å². The van der Waals surface area contributed by atoms with Crippen molar-refractivity contribution in [3.8, 4) is 23.0 Å². The van der Waals surface area contributed by atoms with Gasteiger partial charge in [0.2, 0.25) is 5.89 Å². The second-order valence-corrected chi connectivity index (χ2v) is 7.83. The molecular weight excluding hydrogens is 398 g/mol. The van der Waals surface area contributed by atoms with E-state index in [9.17, 15) is 13.5 Å². The highest BCUT2D eigenvalue weighted by Gasteiger charge is 2.15. The Morgan fingerprint density at radius 3 is 2.59 bits per heavy atom. The number of aryl methyl sites for hydroxylation is 1. The highest BCUT2D eigenvalue weighted by atomic mass is 32.2. The standard InChI is InChI=1S/C20H21NO7S/c1-13-17(11-27-18-7-6-14(10-22)9-19(18)26-2)21-20(28-13)16-5-3-4-15(8-16)12-29(23,24)25/h3-9,22H,10-12H2,1-2H3,(H,23,24,25). The molecule has 8 nitrogen and oxygen atoms in total. The summed E-state index contributed by atoms with van der Waals surface area (Å²) >= 11 is 0. The van der Waals surface area contributed by atoms with Crippen LogP contribution in [0.4, 0.5) is 0 Å². The minimum absolute atomic E-state index is 0.0982. The Kier molecular flexibility index (Phi) is 6.21. The van der Waals surface area contributed by atoms with Crippen molar-refractivity contribution < 1.29 is 32.0 Å². The van der Waals surface area contributed by atoms with E-state index in [1.165, 1.54) is 7.11 Å². The Bertz CT molecular complexity index is 1110. The molecule has 29 heavy (non-hydrogen) atoms. The van der Waals surface area contributed by atoms with E-state index in [0.29, 0.717) is 45.5 Å². The van der Waals surface area contributed by atoms with Gasteiger partial charge in [-0.2, -0.15) is 8.42 Å². The maximum atomic E-state index is 11.1. The molecule has 9 heteroatoms. The number of methoxy groups -OCH3 is 1. The molecule has 0 atom stereocenters. The summed E-state index contributed by atoms with van der Waals surface area (Å²) in [6.45, 7) is 1.79. The fourth-order valence-electron chi connectivity index (χ4n) is 2.77. The molecule has 0 radical (unpaired) electrons. The molecule has 0 unspecified atom stereocenters. The van der Waals surface area contributed by atoms with E-state index in [1.807, 2.05) is 0 Å². The summed E-state index contributed by atoms with van der Waals surface area (Å²) in [6, 6.07) is 11.7. The predicted octanol–water partition coefficient (Wildman–Crippen LogP) is 3.12. The van der Waals surface area contributed by atoms with Gasteiger partial charge in [0.25, 0.3) is 10.1 Å². The Labute approximate surface area is 168 Å². The molecule has 0 aliphatic rings. The summed E-state index contributed by atoms with van der Waals surface area (Å²) in [5.41, 5.74) is 2.30. The largest absolute Gasteiger partial charge is 0.493 e. The average molecular weight is 419 g/mol. The molecule has 1 heterocycles. The molecule has 0 saturated heterocycles. The third-order valence-corrected chi connectivity index (χ3v) is 4.89. The second-order valence-electron chi connectivity index (χ2n) is 6.38. The van der Waals surface area contributed by atoms with E-state index < -0.39 is 15.9 Å². The number of aliphatic hydroxyl groups is 1. The molecule has 0 aliphatic carbocycles. The SMILES string of the molecule is COc1cc(CO)ccc1OCc1nc(-c2cccc(CS(=O)(=O)O)c2)oc1C. The molecule has 2 N–H and O–H groups in total. The van der Waals surface area contributed by atoms with Gasteiger partial charge in [0.05, 0.1) is 13.7 Å². The molecule has 0 bridgehead atoms. The number of benzene rings is 2. The van der Waals surface area contributed by atoms with Gasteiger partial charge >= 0.3 is 0 Å². The highest BCUT2D eigenvalue weighted by Crippen LogP contribution is 2.30. The summed E-state index contributed by atoms with van der Waals surface area (Å²) in [5.74, 6) is 1.40. The smallest absolute Gasteiger partial charge is 0.269 e. The van der Waals surface area contributed by atoms with Crippen LogP contribution in [-0.2, 0) is 29.1 Å². The number of oxazole rings is 1. The van der Waals surface area contributed by atoms with Gasteiger partial charge in [-0.3, -0.25) is 4.55 Å². The van der Waals surface area contributed by atoms with Gasteiger partial charge < -0.3 is 19.0 Å². The fraction of sp³-hybridized carbons (Fsp3) is 0.250. The summed E-state index contributed by atoms with van der Waals surface area (Å²) < 4.78 is 48.0. The molecule has 154 valence electrons. The number of aliphatic hydroxyl groups excluding tert-OH is 1. The lowest BCUT2D eigenvalue weighted by Crippen LogP contribution is -2.01. The number of nitrogens with zero attached hydrogens (tertiary/aromatic N) is 1. The van der Waals surface area contributed by atoms with E-state index >= 15 is 0 Å². The predicted molar refractivity (Wildman–Crippen MR) is 105 cm³/mol. The van der Waals surface area contributed by atoms with Crippen LogP contribution < -0.4 is 9.47 Å². The van der Waals surface area contributed by atoms with Gasteiger partial charge in [0.1, 0.15) is 23.8 Å². The Balaban J connectivity index is 1.79. The molecule has 3 rings (SSSR count). The molecule has 2 aromatic carbocycles. The van der Waals surface area contributed by atoms with E-state index in [0.717, 1.165) is 0 Å². The van der Waals surface area contributed by atoms with E-state index in [1.54, 1.807) is 49.4 Å². The second kappa shape index (κ2) is 8.64. The molecule has 0 aliphatic heterocycles. The molecule has 0 saturated carbocycles. The maximum absolute atomic E-state index is 11.1. The summed E-state index contributed by atoms with van der Waals surface area (Å²) in [4.78, 5) is 4.44. The van der Waals surface area contributed by atoms with Crippen LogP contribution >= 0.6 is 0 Å². The molecule has 1 aromatic heterocycles. The first-order valence-corrected chi connectivity index (χ1v) is 10.3. The van der Waals surface area contributed by atoms with Crippen molar-refractivity contribution in [2.45, 2.75) is 25.9 Å². The van der Waals surface area contributed by atoms with Crippen molar-refractivity contribution in [2.24, 2.45) is 0 Å². The van der Waals surface area contributed by atoms with Crippen molar-refractivity contribution in [1.29, 1.82) is 0 Å². The highest BCUT2D eigenvalue weighted by molar-refractivity contribution is 7.85. The van der Waals surface area contributed by atoms with Gasteiger partial charge in [0.15, 0.2) is 11.5 Å². The Morgan fingerprint density at radius 1 is 1.10 bits per heavy atom. The van der Waals surface area contributed by atoms with Crippen molar-refractivity contribution in [1.82, 2.24) is 4.98 Å². The first-order chi connectivity index (χ1) is 13.8. The minimum atomic E-state index is -4.13. The van der Waals surface area contributed by atoms with Crippen molar-refractivity contribution >= 4 is 10.1 Å². The molecule has 0 amide bonds. The number of rotatable bonds is 8. The van der Waals surface area contributed by atoms with Crippen LogP contribution in [0.2, 0.25) is 0 Å². The van der Waals surface area contributed by atoms with Crippen LogP contribution in [-0.4, -0.2) is 30.2 Å². The van der Waals surface area contributed by atoms with Crippen LogP contribution in [0, 0.1) is 6.92 Å². The Morgan fingerprint density at radius 2 is 1.90 bits per heavy atom. The van der Waals surface area contributed by atoms with Gasteiger partial charge in [-0.1, -0.05) is 18.2 Å². The monoisotopic (exact) mass is 419 g/mol. The number of ether oxygens (including phenoxy) is 2. The summed E-state index contributed by atoms with van der Waals surface area (Å²) in [6.07, 6.45) is 0. The van der Waals surface area contributed by atoms with Crippen LogP contribution in [0.25, 0.3) is 11.5 Å². The fourth-order valence-corrected chi connectivity index (χ4v) is 3.37. The first-order valence-electron chi connectivity index (χ1n) is 8.70. The molecule has 3 aromatic rings. The number of hydrogen-bond acceptors (Lipinski definition) is 7. The molecular formula is C20H21NO7S. The van der Waals surface area contributed by atoms with Gasteiger partial charge in [-0.25, -0.2) is 4.98 Å². The third kappa shape index (κ3) is 5.35. The van der Waals surface area contributed by atoms with E-state index in [-0.39, 0.29) is 13.2 Å². The van der Waals surface area contributed by atoms with E-state index in [4.69, 9.17) is 18.4 Å². The summed E-state index contributed by atoms with van der Waals surface area (Å²) in [5, 5.41) is 9.22. The number of aromatic nitrogens is 1. The normalized spacial score (nSPS) is 11.4. The lowest BCUT2D eigenvalue weighted by atomic mass is 10.1. The first kappa shape index (κ1) is 20.8. The lowest BCUT2D eigenvalue weighted by molar-refractivity contribution is 0.272. The van der Waals surface area contributed by atoms with Crippen molar-refractivity contribution in [2.75, 3.05) is 7.11 Å². The van der Waals surface area contributed by atoms with E-state index in [2.05, 4.69) is 4.98 Å². The van der Waals surface area contributed by atoms with Gasteiger partial charge in [-0.15, -0.1) is 0 Å². The quantitative estimate of drug-likeness (QED) is 0.535. The zero-order valence-corrected chi connectivity index (χ0v) is 16.8. The topological polar surface area (TPSA) is 119 Å². The lowest BCUT2D eigenvalue weighted by Gasteiger charge is -2.10. The van der Waals surface area contributed by atoms with Gasteiger partial charge in [0, 0.05) is 5.56 Å². The zero-order valence-electron chi connectivity index (χ0n) is 16.0. The van der Waals surface area contributed by atoms with Crippen molar-refractivity contribution in [3.05, 3.63) is 65.0 Å². The average Bonchev–Trinajstić information content (AvgIpc) is 3.06. The molecule has 0 fully saturated rings. The van der Waals surface area contributed by atoms with Crippen LogP contribution in [0.15, 0.2) is 46.9 Å². The molecule has 0 spiro atoms. The maximum Gasteiger partial charge on any atom is 0.269 e. The zero-order chi connectivity index (χ0) is 21.0. The Hall–Kier alpha value is -2.88.